The van der Waals surface area contributed by atoms with Crippen LogP contribution >= 0.6 is 0 Å². The van der Waals surface area contributed by atoms with Gasteiger partial charge in [0.05, 0.1) is 6.61 Å². The van der Waals surface area contributed by atoms with Crippen molar-refractivity contribution in [2.75, 3.05) is 6.61 Å². The predicted octanol–water partition coefficient (Wildman–Crippen LogP) is 3.16. The second-order valence-corrected chi connectivity index (χ2v) is 4.09. The lowest BCUT2D eigenvalue weighted by Gasteiger charge is -2.28. The van der Waals surface area contributed by atoms with E-state index < -0.39 is 0 Å². The van der Waals surface area contributed by atoms with E-state index >= 15 is 0 Å². The van der Waals surface area contributed by atoms with E-state index in [0.29, 0.717) is 6.61 Å². The molecular formula is C11H22O2. The molecule has 0 N–H and O–H groups in total. The minimum absolute atomic E-state index is 0.168. The minimum Gasteiger partial charge on any atom is -0.465 e. The Labute approximate surface area is 81.7 Å². The van der Waals surface area contributed by atoms with Crippen molar-refractivity contribution in [1.29, 1.82) is 0 Å². The molecule has 0 aromatic heterocycles. The smallest absolute Gasteiger partial charge is 0.302 e. The summed E-state index contributed by atoms with van der Waals surface area (Å²) >= 11 is 0. The first-order valence-electron chi connectivity index (χ1n) is 5.17. The second kappa shape index (κ2) is 6.01. The topological polar surface area (TPSA) is 26.3 Å². The highest BCUT2D eigenvalue weighted by atomic mass is 16.5. The number of rotatable bonds is 6. The van der Waals surface area contributed by atoms with E-state index in [0.717, 1.165) is 25.7 Å². The Morgan fingerprint density at radius 2 is 1.69 bits per heavy atom. The molecule has 0 saturated heterocycles. The van der Waals surface area contributed by atoms with Crippen LogP contribution < -0.4 is 0 Å². The lowest BCUT2D eigenvalue weighted by Crippen LogP contribution is -2.24. The van der Waals surface area contributed by atoms with Gasteiger partial charge in [0, 0.05) is 12.3 Å². The van der Waals surface area contributed by atoms with Crippen molar-refractivity contribution in [2.45, 2.75) is 53.4 Å². The number of esters is 1. The van der Waals surface area contributed by atoms with E-state index in [1.54, 1.807) is 0 Å². The highest BCUT2D eigenvalue weighted by Crippen LogP contribution is 2.29. The van der Waals surface area contributed by atoms with Crippen LogP contribution in [0.5, 0.6) is 0 Å². The molecule has 13 heavy (non-hydrogen) atoms. The minimum atomic E-state index is -0.168. The molecule has 78 valence electrons. The zero-order chi connectivity index (χ0) is 10.3. The quantitative estimate of drug-likeness (QED) is 0.596. The van der Waals surface area contributed by atoms with Gasteiger partial charge < -0.3 is 4.74 Å². The van der Waals surface area contributed by atoms with Crippen molar-refractivity contribution >= 4 is 5.97 Å². The summed E-state index contributed by atoms with van der Waals surface area (Å²) in [6.07, 6.45) is 4.57. The third-order valence-corrected chi connectivity index (χ3v) is 2.33. The van der Waals surface area contributed by atoms with Crippen molar-refractivity contribution in [3.05, 3.63) is 0 Å². The third kappa shape index (κ3) is 5.67. The summed E-state index contributed by atoms with van der Waals surface area (Å²) in [6, 6.07) is 0. The van der Waals surface area contributed by atoms with E-state index in [-0.39, 0.29) is 11.4 Å². The first kappa shape index (κ1) is 12.5. The van der Waals surface area contributed by atoms with Crippen LogP contribution in [0.2, 0.25) is 0 Å². The van der Waals surface area contributed by atoms with Crippen LogP contribution in [0, 0.1) is 5.41 Å². The molecule has 0 aliphatic carbocycles. The van der Waals surface area contributed by atoms with Crippen LogP contribution in [-0.2, 0) is 9.53 Å². The molecule has 0 bridgehead atoms. The average Bonchev–Trinajstić information content (AvgIpc) is 2.02. The van der Waals surface area contributed by atoms with Gasteiger partial charge >= 0.3 is 5.97 Å². The van der Waals surface area contributed by atoms with E-state index in [4.69, 9.17) is 4.74 Å². The normalized spacial score (nSPS) is 11.4. The Kier molecular flexibility index (Phi) is 5.76. The van der Waals surface area contributed by atoms with Crippen LogP contribution in [0.1, 0.15) is 53.4 Å². The maximum Gasteiger partial charge on any atom is 0.302 e. The van der Waals surface area contributed by atoms with Crippen LogP contribution in [0.3, 0.4) is 0 Å². The van der Waals surface area contributed by atoms with Gasteiger partial charge in [-0.1, -0.05) is 33.6 Å². The van der Waals surface area contributed by atoms with Crippen LogP contribution in [0.15, 0.2) is 0 Å². The lowest BCUT2D eigenvalue weighted by molar-refractivity contribution is -0.144. The van der Waals surface area contributed by atoms with Gasteiger partial charge in [0.1, 0.15) is 0 Å². The number of hydrogen-bond donors (Lipinski definition) is 0. The molecular weight excluding hydrogens is 164 g/mol. The van der Waals surface area contributed by atoms with Crippen molar-refractivity contribution in [1.82, 2.24) is 0 Å². The van der Waals surface area contributed by atoms with Gasteiger partial charge in [-0.2, -0.15) is 0 Å². The Morgan fingerprint density at radius 3 is 2.00 bits per heavy atom. The number of carbonyl (C=O) groups is 1. The van der Waals surface area contributed by atoms with Crippen molar-refractivity contribution in [3.8, 4) is 0 Å². The molecule has 2 nitrogen and oxygen atoms in total. The first-order chi connectivity index (χ1) is 6.04. The van der Waals surface area contributed by atoms with Crippen LogP contribution in [0.4, 0.5) is 0 Å². The van der Waals surface area contributed by atoms with Crippen molar-refractivity contribution < 1.29 is 9.53 Å². The van der Waals surface area contributed by atoms with Gasteiger partial charge in [0.15, 0.2) is 0 Å². The third-order valence-electron chi connectivity index (χ3n) is 2.33. The summed E-state index contributed by atoms with van der Waals surface area (Å²) in [4.78, 5) is 10.7. The Balaban J connectivity index is 3.98. The molecule has 0 saturated carbocycles. The van der Waals surface area contributed by atoms with Crippen molar-refractivity contribution in [3.63, 3.8) is 0 Å². The molecule has 0 spiro atoms. The molecule has 0 aliphatic rings. The van der Waals surface area contributed by atoms with E-state index in [1.807, 2.05) is 0 Å². The number of ether oxygens (including phenoxy) is 1. The zero-order valence-corrected chi connectivity index (χ0v) is 9.35. The summed E-state index contributed by atoms with van der Waals surface area (Å²) in [6.45, 7) is 8.58. The van der Waals surface area contributed by atoms with Gasteiger partial charge in [-0.15, -0.1) is 0 Å². The molecule has 0 rings (SSSR count). The zero-order valence-electron chi connectivity index (χ0n) is 9.35. The maximum absolute atomic E-state index is 10.7. The molecule has 0 unspecified atom stereocenters. The van der Waals surface area contributed by atoms with E-state index in [2.05, 4.69) is 20.8 Å². The Hall–Kier alpha value is -0.530. The molecule has 0 aliphatic heterocycles. The molecule has 0 radical (unpaired) electrons. The molecule has 0 heterocycles. The average molecular weight is 186 g/mol. The largest absolute Gasteiger partial charge is 0.465 e. The summed E-state index contributed by atoms with van der Waals surface area (Å²) in [5.74, 6) is -0.168. The Bertz CT molecular complexity index is 146. The van der Waals surface area contributed by atoms with E-state index in [1.165, 1.54) is 6.92 Å². The van der Waals surface area contributed by atoms with Crippen molar-refractivity contribution in [2.24, 2.45) is 5.41 Å². The van der Waals surface area contributed by atoms with Crippen LogP contribution in [-0.4, -0.2) is 12.6 Å². The highest BCUT2D eigenvalue weighted by Gasteiger charge is 2.23. The fourth-order valence-electron chi connectivity index (χ4n) is 1.75. The molecule has 2 heteroatoms. The lowest BCUT2D eigenvalue weighted by atomic mass is 9.82. The SMILES string of the molecule is CCCC(C)(CCC)COC(C)=O. The van der Waals surface area contributed by atoms with E-state index in [9.17, 15) is 4.79 Å². The molecule has 0 amide bonds. The number of hydrogen-bond acceptors (Lipinski definition) is 2. The monoisotopic (exact) mass is 186 g/mol. The first-order valence-corrected chi connectivity index (χ1v) is 5.17. The number of carbonyl (C=O) groups excluding carboxylic acids is 1. The van der Waals surface area contributed by atoms with Gasteiger partial charge in [-0.25, -0.2) is 0 Å². The fourth-order valence-corrected chi connectivity index (χ4v) is 1.75. The summed E-state index contributed by atoms with van der Waals surface area (Å²) < 4.78 is 5.07. The summed E-state index contributed by atoms with van der Waals surface area (Å²) in [5.41, 5.74) is 0.190. The summed E-state index contributed by atoms with van der Waals surface area (Å²) in [7, 11) is 0. The standard InChI is InChI=1S/C11H22O2/c1-5-7-11(4,8-6-2)9-13-10(3)12/h5-9H2,1-4H3. The van der Waals surface area contributed by atoms with Crippen LogP contribution in [0.25, 0.3) is 0 Å². The van der Waals surface area contributed by atoms with Gasteiger partial charge in [0.2, 0.25) is 0 Å². The van der Waals surface area contributed by atoms with Gasteiger partial charge in [-0.05, 0) is 12.8 Å². The second-order valence-electron chi connectivity index (χ2n) is 4.09. The van der Waals surface area contributed by atoms with Gasteiger partial charge in [-0.3, -0.25) is 4.79 Å². The molecule has 0 atom stereocenters. The fraction of sp³-hybridized carbons (Fsp3) is 0.909. The maximum atomic E-state index is 10.7. The Morgan fingerprint density at radius 1 is 1.23 bits per heavy atom. The predicted molar refractivity (Wildman–Crippen MR) is 54.6 cm³/mol. The molecule has 0 fully saturated rings. The molecule has 0 aromatic carbocycles. The molecule has 0 aromatic rings. The highest BCUT2D eigenvalue weighted by molar-refractivity contribution is 5.65. The summed E-state index contributed by atoms with van der Waals surface area (Å²) in [5, 5.41) is 0. The van der Waals surface area contributed by atoms with Gasteiger partial charge in [0.25, 0.3) is 0 Å².